The van der Waals surface area contributed by atoms with E-state index in [0.717, 1.165) is 0 Å². The Morgan fingerprint density at radius 2 is 1.58 bits per heavy atom. The fraction of sp³-hybridized carbons (Fsp3) is 0.560. The third-order valence-electron chi connectivity index (χ3n) is 6.06. The third-order valence-corrected chi connectivity index (χ3v) is 6.55. The van der Waals surface area contributed by atoms with Gasteiger partial charge in [-0.15, -0.1) is 0 Å². The Balaban J connectivity index is 1.25. The molecule has 1 fully saturated rings. The number of amides is 1. The van der Waals surface area contributed by atoms with Crippen LogP contribution in [0.15, 0.2) is 33.9 Å². The molecule has 0 bridgehead atoms. The normalized spacial score (nSPS) is 22.4. The molecule has 1 aliphatic heterocycles. The van der Waals surface area contributed by atoms with E-state index >= 15 is 0 Å². The minimum absolute atomic E-state index is 0.00587. The van der Waals surface area contributed by atoms with Crippen LogP contribution in [0, 0.1) is 0 Å². The van der Waals surface area contributed by atoms with Crippen molar-refractivity contribution in [3.63, 3.8) is 0 Å². The summed E-state index contributed by atoms with van der Waals surface area (Å²) in [4.78, 5) is 53.2. The van der Waals surface area contributed by atoms with Gasteiger partial charge in [0.1, 0.15) is 30.1 Å². The Kier molecular flexibility index (Phi) is 13.2. The van der Waals surface area contributed by atoms with Crippen LogP contribution in [0.1, 0.15) is 17.3 Å². The Bertz CT molecular complexity index is 1290. The summed E-state index contributed by atoms with van der Waals surface area (Å²) in [7, 11) is -4.84. The SMILES string of the molecule is CCOc1c(Nc2ccc(C(=O)NCCOCCOCCOC3O[C@H](COP(=O)(O)O)[C@@H](O)[C@H](O)[C@@H]3O)cc2)c(=O)c1=O. The maximum atomic E-state index is 12.3. The van der Waals surface area contributed by atoms with Gasteiger partial charge in [0.05, 0.1) is 46.2 Å². The van der Waals surface area contributed by atoms with Gasteiger partial charge in [0.15, 0.2) is 12.0 Å². The van der Waals surface area contributed by atoms with Crippen LogP contribution in [0.5, 0.6) is 5.75 Å². The van der Waals surface area contributed by atoms with Crippen LogP contribution >= 0.6 is 7.82 Å². The fourth-order valence-corrected chi connectivity index (χ4v) is 4.20. The van der Waals surface area contributed by atoms with E-state index in [1.165, 1.54) is 0 Å². The predicted octanol–water partition coefficient (Wildman–Crippen LogP) is -1.88. The third kappa shape index (κ3) is 10.1. The van der Waals surface area contributed by atoms with Crippen molar-refractivity contribution in [3.8, 4) is 5.75 Å². The van der Waals surface area contributed by atoms with E-state index < -0.39 is 56.0 Å². The van der Waals surface area contributed by atoms with Crippen LogP contribution in [0.25, 0.3) is 0 Å². The molecule has 43 heavy (non-hydrogen) atoms. The van der Waals surface area contributed by atoms with Crippen molar-refractivity contribution in [1.29, 1.82) is 0 Å². The Morgan fingerprint density at radius 1 is 0.930 bits per heavy atom. The van der Waals surface area contributed by atoms with Crippen LogP contribution in [0.2, 0.25) is 0 Å². The van der Waals surface area contributed by atoms with E-state index in [9.17, 15) is 34.3 Å². The molecule has 0 saturated carbocycles. The molecule has 1 heterocycles. The summed E-state index contributed by atoms with van der Waals surface area (Å²) in [6.07, 6.45) is -7.73. The van der Waals surface area contributed by atoms with Crippen LogP contribution in [-0.4, -0.2) is 115 Å². The van der Waals surface area contributed by atoms with Gasteiger partial charge < -0.3 is 59.4 Å². The second-order valence-electron chi connectivity index (χ2n) is 9.15. The highest BCUT2D eigenvalue weighted by molar-refractivity contribution is 7.46. The van der Waals surface area contributed by atoms with Gasteiger partial charge >= 0.3 is 7.82 Å². The quantitative estimate of drug-likeness (QED) is 0.0538. The van der Waals surface area contributed by atoms with Crippen LogP contribution in [0.4, 0.5) is 11.4 Å². The molecule has 1 aliphatic rings. The summed E-state index contributed by atoms with van der Waals surface area (Å²) in [5, 5.41) is 35.4. The molecule has 0 aromatic heterocycles. The average Bonchev–Trinajstić information content (AvgIpc) is 2.98. The highest BCUT2D eigenvalue weighted by Gasteiger charge is 2.45. The zero-order valence-corrected chi connectivity index (χ0v) is 24.0. The lowest BCUT2D eigenvalue weighted by Crippen LogP contribution is -2.59. The second kappa shape index (κ2) is 16.3. The van der Waals surface area contributed by atoms with Gasteiger partial charge in [-0.25, -0.2) is 4.57 Å². The zero-order valence-electron chi connectivity index (χ0n) is 23.1. The van der Waals surface area contributed by atoms with Crippen molar-refractivity contribution in [2.45, 2.75) is 37.6 Å². The molecule has 1 amide bonds. The molecule has 3 rings (SSSR count). The van der Waals surface area contributed by atoms with Gasteiger partial charge in [0.25, 0.3) is 16.8 Å². The number of hydrogen-bond donors (Lipinski definition) is 7. The number of phosphoric acid groups is 1. The van der Waals surface area contributed by atoms with E-state index in [4.69, 9.17) is 33.5 Å². The standard InChI is InChI=1S/C25H35N2O15P/c1-2-39-23-17(19(29)21(23)31)27-15-5-3-14(4-6-15)24(33)26-7-8-37-9-10-38-11-12-40-25-22(32)20(30)18(28)16(42-25)13-41-43(34,35)36/h3-6,16,18,20,22,25,27-28,30,32H,2,7-13H2,1H3,(H,26,33)(H2,34,35,36)/t16-,18-,20+,22+,25?/m1/s1. The summed E-state index contributed by atoms with van der Waals surface area (Å²) in [5.41, 5.74) is -0.376. The number of carbonyl (C=O) groups is 1. The molecule has 7 N–H and O–H groups in total. The maximum absolute atomic E-state index is 12.3. The number of phosphoric ester groups is 1. The van der Waals surface area contributed by atoms with Gasteiger partial charge in [-0.2, -0.15) is 0 Å². The van der Waals surface area contributed by atoms with Gasteiger partial charge in [0, 0.05) is 17.8 Å². The Hall–Kier alpha value is -2.80. The fourth-order valence-electron chi connectivity index (χ4n) is 3.86. The molecule has 18 heteroatoms. The van der Waals surface area contributed by atoms with Gasteiger partial charge in [0.2, 0.25) is 0 Å². The van der Waals surface area contributed by atoms with Crippen molar-refractivity contribution >= 4 is 25.1 Å². The lowest BCUT2D eigenvalue weighted by atomic mass is 9.99. The van der Waals surface area contributed by atoms with E-state index in [1.807, 2.05) is 0 Å². The molecular formula is C25H35N2O15P. The first-order valence-corrected chi connectivity index (χ1v) is 14.7. The lowest BCUT2D eigenvalue weighted by molar-refractivity contribution is -0.301. The minimum Gasteiger partial charge on any atom is -0.488 e. The molecule has 0 spiro atoms. The lowest BCUT2D eigenvalue weighted by Gasteiger charge is -2.40. The first kappa shape index (κ1) is 34.7. The second-order valence-corrected chi connectivity index (χ2v) is 10.4. The number of benzene rings is 1. The molecule has 5 atom stereocenters. The maximum Gasteiger partial charge on any atom is 0.469 e. The van der Waals surface area contributed by atoms with Crippen molar-refractivity contribution < 1.29 is 62.7 Å². The molecular weight excluding hydrogens is 599 g/mol. The smallest absolute Gasteiger partial charge is 0.469 e. The number of hydrogen-bond acceptors (Lipinski definition) is 14. The number of anilines is 2. The number of aliphatic hydroxyl groups is 3. The number of aliphatic hydroxyl groups excluding tert-OH is 3. The van der Waals surface area contributed by atoms with Crippen LogP contribution < -0.4 is 26.2 Å². The van der Waals surface area contributed by atoms with E-state index in [-0.39, 0.29) is 63.5 Å². The summed E-state index contributed by atoms with van der Waals surface area (Å²) >= 11 is 0. The summed E-state index contributed by atoms with van der Waals surface area (Å²) in [6.45, 7) is 1.98. The highest BCUT2D eigenvalue weighted by Crippen LogP contribution is 2.37. The number of nitrogens with one attached hydrogen (secondary N) is 2. The molecule has 1 unspecified atom stereocenters. The first-order chi connectivity index (χ1) is 20.4. The topological polar surface area (TPSA) is 249 Å². The monoisotopic (exact) mass is 634 g/mol. The summed E-state index contributed by atoms with van der Waals surface area (Å²) in [6, 6.07) is 6.28. The van der Waals surface area contributed by atoms with Crippen LogP contribution in [0.3, 0.4) is 0 Å². The predicted molar refractivity (Wildman–Crippen MR) is 147 cm³/mol. The Morgan fingerprint density at radius 3 is 2.23 bits per heavy atom. The first-order valence-electron chi connectivity index (χ1n) is 13.2. The molecule has 2 aromatic carbocycles. The van der Waals surface area contributed by atoms with Gasteiger partial charge in [-0.05, 0) is 31.2 Å². The Labute approximate surface area is 245 Å². The molecule has 17 nitrogen and oxygen atoms in total. The number of rotatable bonds is 18. The van der Waals surface area contributed by atoms with Crippen molar-refractivity contribution in [3.05, 3.63) is 50.3 Å². The van der Waals surface area contributed by atoms with Crippen molar-refractivity contribution in [2.24, 2.45) is 0 Å². The highest BCUT2D eigenvalue weighted by atomic mass is 31.2. The van der Waals surface area contributed by atoms with Crippen LogP contribution in [-0.2, 0) is 28.0 Å². The molecule has 0 radical (unpaired) electrons. The summed E-state index contributed by atoms with van der Waals surface area (Å²) in [5.74, 6) is -0.346. The van der Waals surface area contributed by atoms with E-state index in [2.05, 4.69) is 15.2 Å². The average molecular weight is 635 g/mol. The largest absolute Gasteiger partial charge is 0.488 e. The van der Waals surface area contributed by atoms with E-state index in [0.29, 0.717) is 11.3 Å². The van der Waals surface area contributed by atoms with Gasteiger partial charge in [-0.1, -0.05) is 0 Å². The van der Waals surface area contributed by atoms with Crippen molar-refractivity contribution in [1.82, 2.24) is 5.32 Å². The molecule has 0 aliphatic carbocycles. The number of carbonyl (C=O) groups excluding carboxylic acids is 1. The zero-order chi connectivity index (χ0) is 31.6. The summed E-state index contributed by atoms with van der Waals surface area (Å²) < 4.78 is 41.6. The molecule has 1 saturated heterocycles. The minimum atomic E-state index is -4.84. The van der Waals surface area contributed by atoms with Crippen molar-refractivity contribution in [2.75, 3.05) is 58.1 Å². The number of ether oxygens (including phenoxy) is 5. The van der Waals surface area contributed by atoms with E-state index in [1.54, 1.807) is 31.2 Å². The van der Waals surface area contributed by atoms with Gasteiger partial charge in [-0.3, -0.25) is 18.9 Å². The molecule has 2 aromatic rings. The molecule has 240 valence electrons.